The van der Waals surface area contributed by atoms with Crippen LogP contribution in [0.1, 0.15) is 26.3 Å². The van der Waals surface area contributed by atoms with Gasteiger partial charge < -0.3 is 10.4 Å². The molecule has 1 aromatic heterocycles. The molecular weight excluding hydrogens is 360 g/mol. The van der Waals surface area contributed by atoms with E-state index in [2.05, 4.69) is 5.32 Å². The number of aromatic hydroxyl groups is 1. The lowest BCUT2D eigenvalue weighted by atomic mass is 9.87. The fourth-order valence-electron chi connectivity index (χ4n) is 2.14. The van der Waals surface area contributed by atoms with Crippen LogP contribution in [-0.2, 0) is 20.2 Å². The van der Waals surface area contributed by atoms with Gasteiger partial charge in [0, 0.05) is 7.05 Å². The SMILES string of the molecule is CN(CC(=O)Nc1cc(C(C)(C)C)ccc1O)S(=O)(=O)c1cccs1. The quantitative estimate of drug-likeness (QED) is 0.778. The van der Waals surface area contributed by atoms with Crippen molar-refractivity contribution in [2.75, 3.05) is 18.9 Å². The molecule has 2 N–H and O–H groups in total. The summed E-state index contributed by atoms with van der Waals surface area (Å²) in [4.78, 5) is 12.2. The maximum absolute atomic E-state index is 12.3. The van der Waals surface area contributed by atoms with Gasteiger partial charge in [0.1, 0.15) is 9.96 Å². The van der Waals surface area contributed by atoms with Crippen LogP contribution >= 0.6 is 11.3 Å². The molecule has 8 heteroatoms. The molecule has 0 spiro atoms. The normalized spacial score (nSPS) is 12.4. The number of nitrogens with zero attached hydrogens (tertiary/aromatic N) is 1. The summed E-state index contributed by atoms with van der Waals surface area (Å²) in [6.45, 7) is 5.71. The van der Waals surface area contributed by atoms with Crippen LogP contribution in [0.25, 0.3) is 0 Å². The number of amides is 1. The third kappa shape index (κ3) is 4.59. The minimum Gasteiger partial charge on any atom is -0.506 e. The second-order valence-electron chi connectivity index (χ2n) is 6.72. The van der Waals surface area contributed by atoms with E-state index in [1.807, 2.05) is 20.8 Å². The number of benzene rings is 1. The Morgan fingerprint density at radius 1 is 1.28 bits per heavy atom. The zero-order chi connectivity index (χ0) is 18.8. The number of carbonyl (C=O) groups is 1. The van der Waals surface area contributed by atoms with Gasteiger partial charge in [0.25, 0.3) is 10.0 Å². The highest BCUT2D eigenvalue weighted by Crippen LogP contribution is 2.30. The van der Waals surface area contributed by atoms with E-state index in [-0.39, 0.29) is 27.6 Å². The Kier molecular flexibility index (Phi) is 5.55. The summed E-state index contributed by atoms with van der Waals surface area (Å²) >= 11 is 1.10. The van der Waals surface area contributed by atoms with E-state index in [1.54, 1.807) is 23.6 Å². The standard InChI is InChI=1S/C17H22N2O4S2/c1-17(2,3)12-7-8-14(20)13(10-12)18-15(21)11-19(4)25(22,23)16-6-5-9-24-16/h5-10,20H,11H2,1-4H3,(H,18,21). The van der Waals surface area contributed by atoms with Gasteiger partial charge >= 0.3 is 0 Å². The molecule has 1 aromatic carbocycles. The van der Waals surface area contributed by atoms with Gasteiger partial charge in [-0.3, -0.25) is 4.79 Å². The first kappa shape index (κ1) is 19.4. The third-order valence-corrected chi connectivity index (χ3v) is 6.84. The minimum absolute atomic E-state index is 0.0647. The molecule has 0 unspecified atom stereocenters. The molecule has 0 atom stereocenters. The van der Waals surface area contributed by atoms with Gasteiger partial charge in [-0.05, 0) is 34.6 Å². The number of hydrogen-bond acceptors (Lipinski definition) is 5. The number of phenols is 1. The lowest BCUT2D eigenvalue weighted by molar-refractivity contribution is -0.116. The van der Waals surface area contributed by atoms with Gasteiger partial charge in [-0.25, -0.2) is 8.42 Å². The summed E-state index contributed by atoms with van der Waals surface area (Å²) in [7, 11) is -2.35. The van der Waals surface area contributed by atoms with Crippen LogP contribution in [0.4, 0.5) is 5.69 Å². The average molecular weight is 383 g/mol. The first-order valence-corrected chi connectivity index (χ1v) is 9.97. The Balaban J connectivity index is 2.13. The monoisotopic (exact) mass is 382 g/mol. The zero-order valence-corrected chi connectivity index (χ0v) is 16.2. The number of likely N-dealkylation sites (N-methyl/N-ethyl adjacent to an activating group) is 1. The first-order valence-electron chi connectivity index (χ1n) is 7.65. The smallest absolute Gasteiger partial charge is 0.252 e. The van der Waals surface area contributed by atoms with Crippen LogP contribution in [0.3, 0.4) is 0 Å². The molecule has 2 aromatic rings. The fourth-order valence-corrected chi connectivity index (χ4v) is 4.47. The first-order chi connectivity index (χ1) is 11.5. The van der Waals surface area contributed by atoms with Gasteiger partial charge in [-0.2, -0.15) is 4.31 Å². The third-order valence-electron chi connectivity index (χ3n) is 3.66. The number of nitrogens with one attached hydrogen (secondary N) is 1. The molecule has 0 radical (unpaired) electrons. The summed E-state index contributed by atoms with van der Waals surface area (Å²) in [5, 5.41) is 14.2. The Hall–Kier alpha value is -1.90. The summed E-state index contributed by atoms with van der Waals surface area (Å²) in [5.74, 6) is -0.589. The Morgan fingerprint density at radius 2 is 1.96 bits per heavy atom. The molecule has 6 nitrogen and oxygen atoms in total. The van der Waals surface area contributed by atoms with Crippen molar-refractivity contribution in [3.63, 3.8) is 0 Å². The molecule has 0 fully saturated rings. The lowest BCUT2D eigenvalue weighted by Gasteiger charge is -2.21. The van der Waals surface area contributed by atoms with Crippen LogP contribution in [0.5, 0.6) is 5.75 Å². The second-order valence-corrected chi connectivity index (χ2v) is 9.94. The van der Waals surface area contributed by atoms with Crippen molar-refractivity contribution >= 4 is 33.0 Å². The number of rotatable bonds is 5. The Labute approximate surface area is 152 Å². The van der Waals surface area contributed by atoms with E-state index in [0.717, 1.165) is 21.2 Å². The van der Waals surface area contributed by atoms with Crippen molar-refractivity contribution in [3.05, 3.63) is 41.3 Å². The number of phenolic OH excluding ortho intramolecular Hbond substituents is 1. The Bertz CT molecular complexity index is 853. The van der Waals surface area contributed by atoms with Gasteiger partial charge in [0.05, 0.1) is 12.2 Å². The summed E-state index contributed by atoms with van der Waals surface area (Å²) in [5.41, 5.74) is 1.06. The number of anilines is 1. The van der Waals surface area contributed by atoms with Gasteiger partial charge in [-0.15, -0.1) is 11.3 Å². The van der Waals surface area contributed by atoms with Crippen LogP contribution < -0.4 is 5.32 Å². The molecule has 1 amide bonds. The summed E-state index contributed by atoms with van der Waals surface area (Å²) in [6, 6.07) is 8.14. The van der Waals surface area contributed by atoms with Crippen molar-refractivity contribution < 1.29 is 18.3 Å². The fraction of sp³-hybridized carbons (Fsp3) is 0.353. The molecule has 2 rings (SSSR count). The zero-order valence-electron chi connectivity index (χ0n) is 14.6. The highest BCUT2D eigenvalue weighted by molar-refractivity contribution is 7.91. The molecule has 0 bridgehead atoms. The van der Waals surface area contributed by atoms with Crippen LogP contribution in [0.2, 0.25) is 0 Å². The lowest BCUT2D eigenvalue weighted by Crippen LogP contribution is -2.34. The largest absolute Gasteiger partial charge is 0.506 e. The van der Waals surface area contributed by atoms with Crippen molar-refractivity contribution in [1.29, 1.82) is 0 Å². The maximum atomic E-state index is 12.3. The van der Waals surface area contributed by atoms with E-state index in [9.17, 15) is 18.3 Å². The number of thiophene rings is 1. The van der Waals surface area contributed by atoms with Crippen molar-refractivity contribution in [2.45, 2.75) is 30.4 Å². The second kappa shape index (κ2) is 7.15. The van der Waals surface area contributed by atoms with Crippen LogP contribution in [0.15, 0.2) is 39.9 Å². The Morgan fingerprint density at radius 3 is 2.52 bits per heavy atom. The number of carbonyl (C=O) groups excluding carboxylic acids is 1. The van der Waals surface area contributed by atoms with Crippen molar-refractivity contribution in [2.24, 2.45) is 0 Å². The molecule has 0 saturated heterocycles. The van der Waals surface area contributed by atoms with Gasteiger partial charge in [0.2, 0.25) is 5.91 Å². The molecule has 1 heterocycles. The minimum atomic E-state index is -3.70. The highest BCUT2D eigenvalue weighted by atomic mass is 32.2. The van der Waals surface area contributed by atoms with E-state index in [4.69, 9.17) is 0 Å². The highest BCUT2D eigenvalue weighted by Gasteiger charge is 2.24. The van der Waals surface area contributed by atoms with Crippen LogP contribution in [0, 0.1) is 0 Å². The number of hydrogen-bond donors (Lipinski definition) is 2. The molecule has 0 aliphatic rings. The molecule has 0 saturated carbocycles. The van der Waals surface area contributed by atoms with Gasteiger partial charge in [-0.1, -0.05) is 32.9 Å². The predicted octanol–water partition coefficient (Wildman–Crippen LogP) is 3.01. The number of sulfonamides is 1. The topological polar surface area (TPSA) is 86.7 Å². The molecule has 136 valence electrons. The molecule has 0 aliphatic carbocycles. The molecule has 0 aliphatic heterocycles. The van der Waals surface area contributed by atoms with E-state index in [1.165, 1.54) is 19.2 Å². The van der Waals surface area contributed by atoms with E-state index >= 15 is 0 Å². The summed E-state index contributed by atoms with van der Waals surface area (Å²) < 4.78 is 25.8. The van der Waals surface area contributed by atoms with E-state index < -0.39 is 15.9 Å². The van der Waals surface area contributed by atoms with Crippen LogP contribution in [-0.4, -0.2) is 37.3 Å². The van der Waals surface area contributed by atoms with Gasteiger partial charge in [0.15, 0.2) is 0 Å². The molecular formula is C17H22N2O4S2. The van der Waals surface area contributed by atoms with Crippen molar-refractivity contribution in [3.8, 4) is 5.75 Å². The molecule has 25 heavy (non-hydrogen) atoms. The van der Waals surface area contributed by atoms with Crippen molar-refractivity contribution in [1.82, 2.24) is 4.31 Å². The maximum Gasteiger partial charge on any atom is 0.252 e. The summed E-state index contributed by atoms with van der Waals surface area (Å²) in [6.07, 6.45) is 0. The van der Waals surface area contributed by atoms with E-state index in [0.29, 0.717) is 0 Å². The predicted molar refractivity (Wildman–Crippen MR) is 99.6 cm³/mol. The average Bonchev–Trinajstić information content (AvgIpc) is 3.03.